The molecule has 0 atom stereocenters. The summed E-state index contributed by atoms with van der Waals surface area (Å²) in [6.45, 7) is 5.20. The van der Waals surface area contributed by atoms with E-state index < -0.39 is 23.7 Å². The summed E-state index contributed by atoms with van der Waals surface area (Å²) >= 11 is 0. The van der Waals surface area contributed by atoms with Crippen LogP contribution in [0.5, 0.6) is 0 Å². The van der Waals surface area contributed by atoms with Crippen LogP contribution in [0.3, 0.4) is 0 Å². The van der Waals surface area contributed by atoms with Gasteiger partial charge in [-0.05, 0) is 50.5 Å². The average Bonchev–Trinajstić information content (AvgIpc) is 2.67. The Kier molecular flexibility index (Phi) is 10.4. The summed E-state index contributed by atoms with van der Waals surface area (Å²) in [6, 6.07) is 6.32. The van der Waals surface area contributed by atoms with Gasteiger partial charge in [0.15, 0.2) is 0 Å². The molecule has 1 aromatic rings. The lowest BCUT2D eigenvalue weighted by Crippen LogP contribution is -2.43. The molecule has 162 valence electrons. The Balaban J connectivity index is 0.000000447. The number of carbonyl (C=O) groups is 2. The van der Waals surface area contributed by atoms with Crippen molar-refractivity contribution in [2.45, 2.75) is 44.9 Å². The molecule has 0 amide bonds. The van der Waals surface area contributed by atoms with Crippen LogP contribution < -0.4 is 5.32 Å². The number of nitrogens with one attached hydrogen (secondary N) is 1. The minimum Gasteiger partial charge on any atom is -0.478 e. The molecule has 1 heterocycles. The summed E-state index contributed by atoms with van der Waals surface area (Å²) in [5.41, 5.74) is -0.114. The van der Waals surface area contributed by atoms with Crippen molar-refractivity contribution < 1.29 is 33.0 Å². The molecule has 6 nitrogen and oxygen atoms in total. The normalized spacial score (nSPS) is 15.2. The van der Waals surface area contributed by atoms with E-state index in [1.807, 2.05) is 0 Å². The number of hydrogen-bond donors (Lipinski definition) is 3. The molecular formula is C20H27F3N2O4. The largest absolute Gasteiger partial charge is 0.478 e. The van der Waals surface area contributed by atoms with Crippen LogP contribution in [-0.2, 0) is 22.3 Å². The highest BCUT2D eigenvalue weighted by Crippen LogP contribution is 2.33. The fourth-order valence-electron chi connectivity index (χ4n) is 3.15. The number of piperidine rings is 1. The summed E-state index contributed by atoms with van der Waals surface area (Å²) in [5.74, 6) is -2.51. The Labute approximate surface area is 168 Å². The smallest absolute Gasteiger partial charge is 0.416 e. The van der Waals surface area contributed by atoms with Crippen molar-refractivity contribution >= 4 is 11.9 Å². The second-order valence-electron chi connectivity index (χ2n) is 6.62. The minimum atomic E-state index is -4.28. The third-order valence-electron chi connectivity index (χ3n) is 4.40. The van der Waals surface area contributed by atoms with Crippen LogP contribution in [-0.4, -0.2) is 52.7 Å². The van der Waals surface area contributed by atoms with Gasteiger partial charge in [-0.2, -0.15) is 13.2 Å². The highest BCUT2D eigenvalue weighted by molar-refractivity contribution is 5.89. The molecule has 1 aliphatic heterocycles. The molecule has 9 heteroatoms. The highest BCUT2D eigenvalue weighted by Gasteiger charge is 2.33. The van der Waals surface area contributed by atoms with E-state index in [-0.39, 0.29) is 0 Å². The Bertz CT molecular complexity index is 671. The van der Waals surface area contributed by atoms with Crippen LogP contribution in [0.4, 0.5) is 13.2 Å². The fourth-order valence-corrected chi connectivity index (χ4v) is 3.15. The second-order valence-corrected chi connectivity index (χ2v) is 6.62. The van der Waals surface area contributed by atoms with Gasteiger partial charge in [0.25, 0.3) is 0 Å². The van der Waals surface area contributed by atoms with Crippen LogP contribution in [0, 0.1) is 0 Å². The molecule has 1 aliphatic rings. The average molecular weight is 416 g/mol. The Morgan fingerprint density at radius 3 is 2.17 bits per heavy atom. The van der Waals surface area contributed by atoms with Crippen LogP contribution in [0.1, 0.15) is 37.3 Å². The third-order valence-corrected chi connectivity index (χ3v) is 4.40. The number of carboxylic acids is 2. The Hall–Kier alpha value is -2.39. The number of hydrogen-bond acceptors (Lipinski definition) is 4. The lowest BCUT2D eigenvalue weighted by atomic mass is 10.0. The molecule has 3 N–H and O–H groups in total. The summed E-state index contributed by atoms with van der Waals surface area (Å²) in [5, 5.41) is 18.9. The number of alkyl halides is 3. The van der Waals surface area contributed by atoms with Gasteiger partial charge >= 0.3 is 18.1 Å². The van der Waals surface area contributed by atoms with Crippen molar-refractivity contribution in [3.63, 3.8) is 0 Å². The first-order valence-electron chi connectivity index (χ1n) is 9.39. The van der Waals surface area contributed by atoms with E-state index in [4.69, 9.17) is 10.2 Å². The lowest BCUT2D eigenvalue weighted by molar-refractivity contribution is -0.138. The summed E-state index contributed by atoms with van der Waals surface area (Å²) in [7, 11) is 0. The fraction of sp³-hybridized carbons (Fsp3) is 0.500. The van der Waals surface area contributed by atoms with Crippen molar-refractivity contribution in [3.05, 3.63) is 47.5 Å². The highest BCUT2D eigenvalue weighted by atomic mass is 19.4. The summed E-state index contributed by atoms with van der Waals surface area (Å²) in [4.78, 5) is 21.3. The first kappa shape index (κ1) is 24.6. The van der Waals surface area contributed by atoms with Gasteiger partial charge in [-0.15, -0.1) is 0 Å². The zero-order valence-corrected chi connectivity index (χ0v) is 16.3. The molecule has 1 aromatic carbocycles. The van der Waals surface area contributed by atoms with Crippen LogP contribution in [0.2, 0.25) is 0 Å². The van der Waals surface area contributed by atoms with Crippen LogP contribution >= 0.6 is 0 Å². The van der Waals surface area contributed by atoms with Crippen LogP contribution in [0.15, 0.2) is 36.4 Å². The van der Waals surface area contributed by atoms with Gasteiger partial charge in [0.05, 0.1) is 5.56 Å². The number of halogens is 3. The molecule has 1 fully saturated rings. The molecule has 0 aliphatic carbocycles. The first-order valence-corrected chi connectivity index (χ1v) is 9.39. The van der Waals surface area contributed by atoms with E-state index in [2.05, 4.69) is 17.1 Å². The number of rotatable bonds is 7. The number of aliphatic carboxylic acids is 2. The summed E-state index contributed by atoms with van der Waals surface area (Å²) < 4.78 is 39.3. The quantitative estimate of drug-likeness (QED) is 0.591. The zero-order chi connectivity index (χ0) is 21.9. The Morgan fingerprint density at radius 2 is 1.69 bits per heavy atom. The van der Waals surface area contributed by atoms with Crippen molar-refractivity contribution in [1.29, 1.82) is 0 Å². The van der Waals surface area contributed by atoms with Gasteiger partial charge in [0.1, 0.15) is 0 Å². The van der Waals surface area contributed by atoms with E-state index in [9.17, 15) is 22.8 Å². The maximum absolute atomic E-state index is 13.1. The maximum Gasteiger partial charge on any atom is 0.416 e. The number of benzene rings is 1. The molecule has 29 heavy (non-hydrogen) atoms. The monoisotopic (exact) mass is 416 g/mol. The van der Waals surface area contributed by atoms with Crippen molar-refractivity contribution in [1.82, 2.24) is 10.2 Å². The summed E-state index contributed by atoms with van der Waals surface area (Å²) in [6.07, 6.45) is -0.187. The predicted octanol–water partition coefficient (Wildman–Crippen LogP) is 3.38. The van der Waals surface area contributed by atoms with E-state index in [1.165, 1.54) is 12.1 Å². The van der Waals surface area contributed by atoms with Crippen molar-refractivity contribution in [2.24, 2.45) is 0 Å². The van der Waals surface area contributed by atoms with Gasteiger partial charge in [-0.25, -0.2) is 9.59 Å². The van der Waals surface area contributed by atoms with Crippen molar-refractivity contribution in [3.8, 4) is 0 Å². The molecule has 0 radical (unpaired) electrons. The van der Waals surface area contributed by atoms with E-state index in [0.29, 0.717) is 30.3 Å². The third kappa shape index (κ3) is 9.58. The molecule has 0 bridgehead atoms. The minimum absolute atomic E-state index is 0.382. The standard InChI is InChI=1S/C16H23F3N2.C4H4O4/c1-2-11-21(14-7-9-20-10-8-14)12-13-5-3-4-6-15(13)16(17,18)19;5-3(6)1-2-4(7)8/h3-6,14,20H,2,7-12H2,1H3;1-2H,(H,5,6)(H,7,8). The molecule has 0 aromatic heterocycles. The lowest BCUT2D eigenvalue weighted by Gasteiger charge is -2.35. The molecule has 0 spiro atoms. The molecule has 0 saturated carbocycles. The zero-order valence-electron chi connectivity index (χ0n) is 16.3. The van der Waals surface area contributed by atoms with Gasteiger partial charge in [0.2, 0.25) is 0 Å². The van der Waals surface area contributed by atoms with E-state index in [0.717, 1.165) is 38.9 Å². The van der Waals surface area contributed by atoms with Crippen molar-refractivity contribution in [2.75, 3.05) is 19.6 Å². The predicted molar refractivity (Wildman–Crippen MR) is 102 cm³/mol. The second kappa shape index (κ2) is 12.2. The van der Waals surface area contributed by atoms with Gasteiger partial charge in [-0.1, -0.05) is 25.1 Å². The van der Waals surface area contributed by atoms with Gasteiger partial charge in [0, 0.05) is 24.7 Å². The number of nitrogens with zero attached hydrogens (tertiary/aromatic N) is 1. The SMILES string of the molecule is CCCN(Cc1ccccc1C(F)(F)F)C1CCNCC1.O=C(O)C=CC(=O)O. The molecular weight excluding hydrogens is 389 g/mol. The van der Waals surface area contributed by atoms with Crippen LogP contribution in [0.25, 0.3) is 0 Å². The molecule has 2 rings (SSSR count). The molecule has 1 saturated heterocycles. The topological polar surface area (TPSA) is 89.9 Å². The van der Waals surface area contributed by atoms with E-state index >= 15 is 0 Å². The maximum atomic E-state index is 13.1. The van der Waals surface area contributed by atoms with E-state index in [1.54, 1.807) is 12.1 Å². The number of carboxylic acid groups (broad SMARTS) is 2. The van der Waals surface area contributed by atoms with Gasteiger partial charge < -0.3 is 15.5 Å². The van der Waals surface area contributed by atoms with Gasteiger partial charge in [-0.3, -0.25) is 4.90 Å². The molecule has 0 unspecified atom stereocenters. The Morgan fingerprint density at radius 1 is 1.14 bits per heavy atom. The first-order chi connectivity index (χ1) is 13.6.